The van der Waals surface area contributed by atoms with E-state index in [0.29, 0.717) is 11.1 Å². The highest BCUT2D eigenvalue weighted by molar-refractivity contribution is 6.13. The van der Waals surface area contributed by atoms with Crippen LogP contribution in [0.1, 0.15) is 18.1 Å². The topological polar surface area (TPSA) is 127 Å². The lowest BCUT2D eigenvalue weighted by atomic mass is 10.1. The van der Waals surface area contributed by atoms with Gasteiger partial charge < -0.3 is 18.9 Å². The molecular formula is C20H16N2O8. The molecule has 30 heavy (non-hydrogen) atoms. The number of esters is 1. The highest BCUT2D eigenvalue weighted by atomic mass is 16.7. The van der Waals surface area contributed by atoms with Gasteiger partial charge in [0.05, 0.1) is 18.6 Å². The van der Waals surface area contributed by atoms with Gasteiger partial charge in [0.25, 0.3) is 5.69 Å². The summed E-state index contributed by atoms with van der Waals surface area (Å²) in [6.45, 7) is 1.81. The Hall–Kier alpha value is -4.21. The van der Waals surface area contributed by atoms with Crippen LogP contribution in [0.25, 0.3) is 6.08 Å². The molecule has 0 aliphatic carbocycles. The number of hydrogen-bond acceptors (Lipinski definition) is 9. The molecule has 2 aromatic carbocycles. The monoisotopic (exact) mass is 412 g/mol. The largest absolute Gasteiger partial charge is 0.513 e. The number of nitro benzene ring substituents is 1. The Balaban J connectivity index is 1.87. The first-order chi connectivity index (χ1) is 14.4. The van der Waals surface area contributed by atoms with Crippen molar-refractivity contribution in [1.82, 2.24) is 0 Å². The number of aliphatic imine (C=N–C) groups is 1. The van der Waals surface area contributed by atoms with E-state index in [0.717, 1.165) is 0 Å². The van der Waals surface area contributed by atoms with Crippen LogP contribution in [0.4, 0.5) is 10.5 Å². The van der Waals surface area contributed by atoms with E-state index >= 15 is 0 Å². The number of carbonyl (C=O) groups excluding carboxylic acids is 2. The van der Waals surface area contributed by atoms with E-state index in [1.54, 1.807) is 19.1 Å². The highest BCUT2D eigenvalue weighted by Gasteiger charge is 2.25. The van der Waals surface area contributed by atoms with Crippen molar-refractivity contribution in [3.05, 3.63) is 69.4 Å². The van der Waals surface area contributed by atoms with Gasteiger partial charge in [0.1, 0.15) is 0 Å². The van der Waals surface area contributed by atoms with Crippen LogP contribution >= 0.6 is 0 Å². The van der Waals surface area contributed by atoms with Crippen LogP contribution in [0.15, 0.2) is 53.2 Å². The van der Waals surface area contributed by atoms with Gasteiger partial charge in [0.2, 0.25) is 5.90 Å². The van der Waals surface area contributed by atoms with E-state index < -0.39 is 17.0 Å². The summed E-state index contributed by atoms with van der Waals surface area (Å²) in [5.41, 5.74) is 0.680. The van der Waals surface area contributed by atoms with Crippen molar-refractivity contribution in [2.45, 2.75) is 6.92 Å². The van der Waals surface area contributed by atoms with Gasteiger partial charge in [0.15, 0.2) is 17.2 Å². The lowest BCUT2D eigenvalue weighted by molar-refractivity contribution is -0.384. The van der Waals surface area contributed by atoms with Crippen molar-refractivity contribution in [2.75, 3.05) is 13.7 Å². The molecule has 10 nitrogen and oxygen atoms in total. The Morgan fingerprint density at radius 2 is 2.03 bits per heavy atom. The number of nitrogens with zero attached hydrogens (tertiary/aromatic N) is 2. The molecule has 1 aliphatic heterocycles. The van der Waals surface area contributed by atoms with Crippen molar-refractivity contribution < 1.29 is 33.5 Å². The van der Waals surface area contributed by atoms with Gasteiger partial charge in [0, 0.05) is 17.7 Å². The van der Waals surface area contributed by atoms with Gasteiger partial charge in [-0.3, -0.25) is 10.1 Å². The van der Waals surface area contributed by atoms with Gasteiger partial charge in [-0.05, 0) is 36.8 Å². The van der Waals surface area contributed by atoms with E-state index in [9.17, 15) is 19.7 Å². The first kappa shape index (κ1) is 20.5. The predicted octanol–water partition coefficient (Wildman–Crippen LogP) is 3.48. The van der Waals surface area contributed by atoms with E-state index in [2.05, 4.69) is 4.99 Å². The van der Waals surface area contributed by atoms with Crippen LogP contribution in [0.5, 0.6) is 11.5 Å². The molecule has 1 heterocycles. The lowest BCUT2D eigenvalue weighted by Crippen LogP contribution is -2.10. The van der Waals surface area contributed by atoms with Crippen molar-refractivity contribution in [1.29, 1.82) is 0 Å². The smallest absolute Gasteiger partial charge is 0.493 e. The van der Waals surface area contributed by atoms with Gasteiger partial charge in [-0.25, -0.2) is 14.6 Å². The number of hydrogen-bond donors (Lipinski definition) is 0. The fourth-order valence-corrected chi connectivity index (χ4v) is 2.54. The van der Waals surface area contributed by atoms with Gasteiger partial charge in [-0.1, -0.05) is 12.1 Å². The summed E-state index contributed by atoms with van der Waals surface area (Å²) in [7, 11) is 1.40. The van der Waals surface area contributed by atoms with Crippen LogP contribution in [0, 0.1) is 10.1 Å². The molecule has 1 aliphatic rings. The molecular weight excluding hydrogens is 396 g/mol. The number of benzene rings is 2. The minimum Gasteiger partial charge on any atom is -0.493 e. The average molecular weight is 412 g/mol. The van der Waals surface area contributed by atoms with E-state index in [1.807, 2.05) is 0 Å². The maximum atomic E-state index is 12.2. The van der Waals surface area contributed by atoms with Crippen LogP contribution in [0.3, 0.4) is 0 Å². The van der Waals surface area contributed by atoms with Crippen molar-refractivity contribution in [3.63, 3.8) is 0 Å². The van der Waals surface area contributed by atoms with E-state index in [1.165, 1.54) is 43.5 Å². The Labute approximate surface area is 170 Å². The second-order valence-corrected chi connectivity index (χ2v) is 5.84. The molecule has 0 saturated heterocycles. The zero-order chi connectivity index (χ0) is 21.7. The number of rotatable bonds is 6. The zero-order valence-electron chi connectivity index (χ0n) is 16.0. The minimum atomic E-state index is -0.868. The van der Waals surface area contributed by atoms with Crippen LogP contribution in [0.2, 0.25) is 0 Å². The second-order valence-electron chi connectivity index (χ2n) is 5.84. The third kappa shape index (κ3) is 4.61. The Kier molecular flexibility index (Phi) is 6.06. The molecule has 0 saturated carbocycles. The molecule has 0 bridgehead atoms. The predicted molar refractivity (Wildman–Crippen MR) is 104 cm³/mol. The molecule has 0 aromatic heterocycles. The lowest BCUT2D eigenvalue weighted by Gasteiger charge is -2.09. The summed E-state index contributed by atoms with van der Waals surface area (Å²) in [6.07, 6.45) is 0.580. The summed E-state index contributed by atoms with van der Waals surface area (Å²) in [5, 5.41) is 10.9. The van der Waals surface area contributed by atoms with Crippen LogP contribution < -0.4 is 9.47 Å². The number of carbonyl (C=O) groups is 2. The van der Waals surface area contributed by atoms with Gasteiger partial charge in [-0.2, -0.15) is 0 Å². The fourth-order valence-electron chi connectivity index (χ4n) is 2.54. The molecule has 2 aromatic rings. The first-order valence-corrected chi connectivity index (χ1v) is 8.71. The van der Waals surface area contributed by atoms with Crippen molar-refractivity contribution in [3.8, 4) is 11.5 Å². The average Bonchev–Trinajstić information content (AvgIpc) is 3.09. The molecule has 0 atom stereocenters. The molecule has 0 spiro atoms. The molecule has 0 fully saturated rings. The normalized spacial score (nSPS) is 14.1. The van der Waals surface area contributed by atoms with Crippen molar-refractivity contribution >= 4 is 29.8 Å². The van der Waals surface area contributed by atoms with E-state index in [4.69, 9.17) is 18.9 Å². The zero-order valence-corrected chi connectivity index (χ0v) is 16.0. The highest BCUT2D eigenvalue weighted by Crippen LogP contribution is 2.30. The second kappa shape index (κ2) is 8.86. The number of ether oxygens (including phenoxy) is 4. The summed E-state index contributed by atoms with van der Waals surface area (Å²) in [4.78, 5) is 38.2. The molecule has 3 rings (SSSR count). The summed E-state index contributed by atoms with van der Waals surface area (Å²) in [5.74, 6) is -0.356. The SMILES string of the molecule is CCOC(=O)Oc1ccc(C=C2N=C(c3cccc([N+](=O)[O-])c3)OC2=O)cc1OC. The molecule has 154 valence electrons. The summed E-state index contributed by atoms with van der Waals surface area (Å²) < 4.78 is 20.1. The Bertz CT molecular complexity index is 1070. The van der Waals surface area contributed by atoms with Crippen molar-refractivity contribution in [2.24, 2.45) is 4.99 Å². The minimum absolute atomic E-state index is 0.00220. The van der Waals surface area contributed by atoms with E-state index in [-0.39, 0.29) is 35.4 Å². The summed E-state index contributed by atoms with van der Waals surface area (Å²) in [6, 6.07) is 10.2. The van der Waals surface area contributed by atoms with Crippen LogP contribution in [-0.4, -0.2) is 36.7 Å². The molecule has 0 radical (unpaired) electrons. The maximum Gasteiger partial charge on any atom is 0.513 e. The number of nitro groups is 1. The van der Waals surface area contributed by atoms with Gasteiger partial charge in [-0.15, -0.1) is 0 Å². The number of non-ortho nitro benzene ring substituents is 1. The third-order valence-corrected chi connectivity index (χ3v) is 3.87. The van der Waals surface area contributed by atoms with Gasteiger partial charge >= 0.3 is 12.1 Å². The first-order valence-electron chi connectivity index (χ1n) is 8.71. The summed E-state index contributed by atoms with van der Waals surface area (Å²) >= 11 is 0. The molecule has 0 unspecified atom stereocenters. The Morgan fingerprint density at radius 3 is 2.73 bits per heavy atom. The molecule has 0 amide bonds. The number of methoxy groups -OCH3 is 1. The molecule has 0 N–H and O–H groups in total. The standard InChI is InChI=1S/C20H16N2O8/c1-3-28-20(24)29-16-8-7-12(10-17(16)27-2)9-15-19(23)30-18(21-15)13-5-4-6-14(11-13)22(25)26/h4-11H,3H2,1-2H3. The maximum absolute atomic E-state index is 12.2. The number of cyclic esters (lactones) is 1. The fraction of sp³-hybridized carbons (Fsp3) is 0.150. The van der Waals surface area contributed by atoms with Crippen LogP contribution in [-0.2, 0) is 14.3 Å². The quantitative estimate of drug-likeness (QED) is 0.232. The molecule has 10 heteroatoms. The Morgan fingerprint density at radius 1 is 1.23 bits per heavy atom. The third-order valence-electron chi connectivity index (χ3n) is 3.87.